The first-order valence-electron chi connectivity index (χ1n) is 24.0. The fourth-order valence-corrected chi connectivity index (χ4v) is 10.2. The van der Waals surface area contributed by atoms with Gasteiger partial charge < -0.3 is 15.4 Å². The van der Waals surface area contributed by atoms with Crippen LogP contribution in [0.25, 0.3) is 11.1 Å². The highest BCUT2D eigenvalue weighted by Crippen LogP contribution is 2.53. The molecule has 1 aliphatic heterocycles. The van der Waals surface area contributed by atoms with Crippen molar-refractivity contribution in [1.82, 2.24) is 4.98 Å². The van der Waals surface area contributed by atoms with Crippen LogP contribution in [-0.4, -0.2) is 4.98 Å². The van der Waals surface area contributed by atoms with E-state index in [1.807, 2.05) is 6.20 Å². The Morgan fingerprint density at radius 3 is 1.72 bits per heavy atom. The number of nitrogens with zero attached hydrogens (tertiary/aromatic N) is 2. The molecule has 1 aliphatic rings. The number of nitrogens with one attached hydrogen (secondary N) is 2. The number of anilines is 7. The Hall–Kier alpha value is -6.33. The third-order valence-corrected chi connectivity index (χ3v) is 13.7. The maximum absolute atomic E-state index is 7.03. The molecule has 5 heteroatoms. The van der Waals surface area contributed by atoms with E-state index in [0.717, 1.165) is 57.0 Å². The molecule has 0 saturated heterocycles. The largest absolute Gasteiger partial charge is 0.457 e. The van der Waals surface area contributed by atoms with Crippen molar-refractivity contribution in [2.75, 3.05) is 15.5 Å². The van der Waals surface area contributed by atoms with Gasteiger partial charge in [-0.3, -0.25) is 4.90 Å². The van der Waals surface area contributed by atoms with Crippen LogP contribution in [0.2, 0.25) is 0 Å². The Kier molecular flexibility index (Phi) is 12.0. The zero-order valence-electron chi connectivity index (χ0n) is 43.3. The summed E-state index contributed by atoms with van der Waals surface area (Å²) < 4.78 is 7.03. The number of fused-ring (bicyclic) bond motifs is 2. The van der Waals surface area contributed by atoms with Crippen molar-refractivity contribution in [3.8, 4) is 22.6 Å². The molecule has 0 bridgehead atoms. The molecule has 5 nitrogen and oxygen atoms in total. The van der Waals surface area contributed by atoms with Crippen LogP contribution in [0.3, 0.4) is 0 Å². The predicted molar refractivity (Wildman–Crippen MR) is 287 cm³/mol. The standard InChI is InChI=1S/C62H72N4O/c1-37-28-39(3)56(40(4)29-37)47-24-22-45(35-51(47)64-52-33-44(60(10,11)12)32-50(61(13,14)15)58(52)65-57-41(5)30-38(2)31-42(57)6)67-46-23-25-49-54(36-46)66(53-21-19-18-20-48(53)62(49,16)17)55-34-43(26-27-63-55)59(7,8)9/h18-36,64-65H,1-17H3. The van der Waals surface area contributed by atoms with Gasteiger partial charge in [-0.05, 0) is 156 Å². The van der Waals surface area contributed by atoms with E-state index in [2.05, 4.69) is 242 Å². The Balaban J connectivity index is 1.30. The topological polar surface area (TPSA) is 49.4 Å². The van der Waals surface area contributed by atoms with Gasteiger partial charge in [0.25, 0.3) is 0 Å². The Bertz CT molecular complexity index is 2990. The van der Waals surface area contributed by atoms with Crippen molar-refractivity contribution >= 4 is 39.9 Å². The van der Waals surface area contributed by atoms with Gasteiger partial charge in [-0.1, -0.05) is 142 Å². The first-order valence-corrected chi connectivity index (χ1v) is 24.0. The molecule has 0 atom stereocenters. The molecule has 0 amide bonds. The second kappa shape index (κ2) is 17.1. The van der Waals surface area contributed by atoms with Gasteiger partial charge in [0.1, 0.15) is 17.3 Å². The van der Waals surface area contributed by atoms with Crippen LogP contribution < -0.4 is 20.3 Å². The zero-order valence-corrected chi connectivity index (χ0v) is 43.3. The fourth-order valence-electron chi connectivity index (χ4n) is 10.2. The predicted octanol–water partition coefficient (Wildman–Crippen LogP) is 17.9. The van der Waals surface area contributed by atoms with Crippen molar-refractivity contribution in [3.63, 3.8) is 0 Å². The average molecular weight is 889 g/mol. The summed E-state index contributed by atoms with van der Waals surface area (Å²) >= 11 is 0. The normalized spacial score (nSPS) is 13.5. The minimum atomic E-state index is -0.250. The van der Waals surface area contributed by atoms with Gasteiger partial charge in [-0.2, -0.15) is 0 Å². The number of benzene rings is 6. The van der Waals surface area contributed by atoms with E-state index >= 15 is 0 Å². The Morgan fingerprint density at radius 2 is 1.09 bits per heavy atom. The lowest BCUT2D eigenvalue weighted by molar-refractivity contribution is 0.482. The minimum absolute atomic E-state index is 0.0363. The maximum Gasteiger partial charge on any atom is 0.137 e. The Morgan fingerprint density at radius 1 is 0.507 bits per heavy atom. The molecule has 8 rings (SSSR count). The van der Waals surface area contributed by atoms with Crippen molar-refractivity contribution in [2.24, 2.45) is 0 Å². The SMILES string of the molecule is Cc1cc(C)c(Nc2c(Nc3cc(Oc4ccc5c(c4)N(c4cc(C(C)(C)C)ccn4)c4ccccc4C5(C)C)ccc3-c3c(C)cc(C)cc3C)cc(C(C)(C)C)cc2C(C)(C)C)c(C)c1. The molecule has 0 fully saturated rings. The van der Waals surface area contributed by atoms with E-state index in [1.165, 1.54) is 66.8 Å². The van der Waals surface area contributed by atoms with Gasteiger partial charge >= 0.3 is 0 Å². The summed E-state index contributed by atoms with van der Waals surface area (Å²) in [5.41, 5.74) is 21.9. The molecule has 0 spiro atoms. The maximum atomic E-state index is 7.03. The van der Waals surface area contributed by atoms with Crippen molar-refractivity contribution in [3.05, 3.63) is 177 Å². The third kappa shape index (κ3) is 9.23. The van der Waals surface area contributed by atoms with E-state index < -0.39 is 0 Å². The molecule has 0 radical (unpaired) electrons. The molecular weight excluding hydrogens is 817 g/mol. The molecule has 7 aromatic rings. The van der Waals surface area contributed by atoms with Crippen LogP contribution in [0, 0.1) is 41.5 Å². The molecule has 0 saturated carbocycles. The molecule has 0 unspecified atom stereocenters. The third-order valence-electron chi connectivity index (χ3n) is 13.7. The van der Waals surface area contributed by atoms with E-state index in [9.17, 15) is 0 Å². The van der Waals surface area contributed by atoms with Gasteiger partial charge in [0.15, 0.2) is 0 Å². The molecule has 0 aliphatic carbocycles. The van der Waals surface area contributed by atoms with E-state index in [-0.39, 0.29) is 21.7 Å². The van der Waals surface area contributed by atoms with Crippen LogP contribution in [0.1, 0.15) is 137 Å². The second-order valence-electron chi connectivity index (χ2n) is 22.9. The second-order valence-corrected chi connectivity index (χ2v) is 22.9. The van der Waals surface area contributed by atoms with Crippen molar-refractivity contribution in [1.29, 1.82) is 0 Å². The fraction of sp³-hybridized carbons (Fsp3) is 0.339. The van der Waals surface area contributed by atoms with Gasteiger partial charge in [0.2, 0.25) is 0 Å². The molecule has 67 heavy (non-hydrogen) atoms. The summed E-state index contributed by atoms with van der Waals surface area (Å²) in [5, 5.41) is 8.11. The van der Waals surface area contributed by atoms with Gasteiger partial charge in [0, 0.05) is 35.0 Å². The summed E-state index contributed by atoms with van der Waals surface area (Å²) in [5.74, 6) is 2.39. The molecular formula is C62H72N4O. The smallest absolute Gasteiger partial charge is 0.137 e. The van der Waals surface area contributed by atoms with E-state index in [1.54, 1.807) is 0 Å². The number of hydrogen-bond donors (Lipinski definition) is 2. The number of hydrogen-bond acceptors (Lipinski definition) is 5. The number of rotatable bonds is 8. The number of pyridine rings is 1. The lowest BCUT2D eigenvalue weighted by Crippen LogP contribution is -2.31. The highest BCUT2D eigenvalue weighted by molar-refractivity contribution is 5.91. The average Bonchev–Trinajstić information content (AvgIpc) is 3.22. The number of aryl methyl sites for hydroxylation is 6. The lowest BCUT2D eigenvalue weighted by atomic mass is 9.73. The van der Waals surface area contributed by atoms with Gasteiger partial charge in [0.05, 0.1) is 28.4 Å². The number of ether oxygens (including phenoxy) is 1. The monoisotopic (exact) mass is 889 g/mol. The highest BCUT2D eigenvalue weighted by atomic mass is 16.5. The zero-order chi connectivity index (χ0) is 48.5. The van der Waals surface area contributed by atoms with E-state index in [4.69, 9.17) is 9.72 Å². The van der Waals surface area contributed by atoms with Crippen molar-refractivity contribution < 1.29 is 4.74 Å². The molecule has 6 aromatic carbocycles. The minimum Gasteiger partial charge on any atom is -0.457 e. The van der Waals surface area contributed by atoms with Crippen LogP contribution >= 0.6 is 0 Å². The Labute approximate surface area is 402 Å². The summed E-state index contributed by atoms with van der Waals surface area (Å²) in [6, 6.07) is 40.1. The number of aromatic nitrogens is 1. The lowest BCUT2D eigenvalue weighted by Gasteiger charge is -2.41. The summed E-state index contributed by atoms with van der Waals surface area (Å²) in [6.07, 6.45) is 1.94. The van der Waals surface area contributed by atoms with Crippen LogP contribution in [-0.2, 0) is 21.7 Å². The number of para-hydroxylation sites is 1. The van der Waals surface area contributed by atoms with Gasteiger partial charge in [-0.25, -0.2) is 4.98 Å². The van der Waals surface area contributed by atoms with E-state index in [0.29, 0.717) is 0 Å². The first-order chi connectivity index (χ1) is 31.3. The summed E-state index contributed by atoms with van der Waals surface area (Å²) in [7, 11) is 0. The van der Waals surface area contributed by atoms with Crippen molar-refractivity contribution in [2.45, 2.75) is 139 Å². The molecule has 346 valence electrons. The highest BCUT2D eigenvalue weighted by Gasteiger charge is 2.38. The van der Waals surface area contributed by atoms with Crippen LogP contribution in [0.4, 0.5) is 39.9 Å². The molecule has 2 heterocycles. The first kappa shape index (κ1) is 47.2. The molecule has 1 aromatic heterocycles. The van der Waals surface area contributed by atoms with Crippen LogP contribution in [0.5, 0.6) is 11.5 Å². The molecule has 2 N–H and O–H groups in total. The quantitative estimate of drug-likeness (QED) is 0.159. The summed E-state index contributed by atoms with van der Waals surface area (Å²) in [6.45, 7) is 38.4. The van der Waals surface area contributed by atoms with Crippen LogP contribution in [0.15, 0.2) is 115 Å². The summed E-state index contributed by atoms with van der Waals surface area (Å²) in [4.78, 5) is 7.32. The van der Waals surface area contributed by atoms with Gasteiger partial charge in [-0.15, -0.1) is 0 Å².